The first-order valence-electron chi connectivity index (χ1n) is 8.74. The number of nitrogens with zero attached hydrogens (tertiary/aromatic N) is 2. The Labute approximate surface area is 142 Å². The predicted octanol–water partition coefficient (Wildman–Crippen LogP) is 3.56. The van der Waals surface area contributed by atoms with Crippen molar-refractivity contribution in [3.05, 3.63) is 16.0 Å². The van der Waals surface area contributed by atoms with Crippen molar-refractivity contribution in [2.24, 2.45) is 5.92 Å². The molecule has 0 aromatic carbocycles. The fraction of sp³-hybridized carbons (Fsp3) is 0.667. The van der Waals surface area contributed by atoms with Crippen LogP contribution in [0.25, 0.3) is 0 Å². The highest BCUT2D eigenvalue weighted by Crippen LogP contribution is 2.39. The van der Waals surface area contributed by atoms with Crippen molar-refractivity contribution in [2.75, 3.05) is 25.0 Å². The van der Waals surface area contributed by atoms with E-state index in [0.29, 0.717) is 17.9 Å². The minimum atomic E-state index is 0.0405. The van der Waals surface area contributed by atoms with Crippen LogP contribution in [0.2, 0.25) is 0 Å². The Hall–Kier alpha value is -1.38. The molecule has 1 aromatic rings. The number of nitrogens with one attached hydrogen (secondary N) is 1. The van der Waals surface area contributed by atoms with E-state index in [2.05, 4.69) is 23.2 Å². The SMILES string of the molecule is CC1CCc2c(sc(NC(=O)CCN3CCCCC3)c2C#N)C1. The summed E-state index contributed by atoms with van der Waals surface area (Å²) >= 11 is 1.61. The third-order valence-corrected chi connectivity index (χ3v) is 6.15. The van der Waals surface area contributed by atoms with Crippen molar-refractivity contribution in [2.45, 2.75) is 51.9 Å². The van der Waals surface area contributed by atoms with Gasteiger partial charge in [0.1, 0.15) is 11.1 Å². The largest absolute Gasteiger partial charge is 0.317 e. The first-order valence-corrected chi connectivity index (χ1v) is 9.56. The number of amides is 1. The summed E-state index contributed by atoms with van der Waals surface area (Å²) in [5.41, 5.74) is 1.89. The maximum Gasteiger partial charge on any atom is 0.226 e. The van der Waals surface area contributed by atoms with Crippen LogP contribution in [0, 0.1) is 17.2 Å². The lowest BCUT2D eigenvalue weighted by atomic mass is 9.89. The van der Waals surface area contributed by atoms with Crippen LogP contribution >= 0.6 is 11.3 Å². The first-order chi connectivity index (χ1) is 11.2. The maximum absolute atomic E-state index is 12.3. The summed E-state index contributed by atoms with van der Waals surface area (Å²) in [5.74, 6) is 0.717. The number of anilines is 1. The van der Waals surface area contributed by atoms with Crippen molar-refractivity contribution >= 4 is 22.2 Å². The quantitative estimate of drug-likeness (QED) is 0.918. The van der Waals surface area contributed by atoms with Crippen LogP contribution in [0.1, 0.15) is 55.0 Å². The average molecular weight is 331 g/mol. The van der Waals surface area contributed by atoms with E-state index in [1.54, 1.807) is 11.3 Å². The van der Waals surface area contributed by atoms with Crippen molar-refractivity contribution < 1.29 is 4.79 Å². The van der Waals surface area contributed by atoms with Gasteiger partial charge < -0.3 is 10.2 Å². The average Bonchev–Trinajstić information content (AvgIpc) is 2.89. The Bertz CT molecular complexity index is 611. The maximum atomic E-state index is 12.3. The number of hydrogen-bond acceptors (Lipinski definition) is 4. The third kappa shape index (κ3) is 3.94. The number of hydrogen-bond donors (Lipinski definition) is 1. The molecule has 0 radical (unpaired) electrons. The van der Waals surface area contributed by atoms with Gasteiger partial charge in [0.15, 0.2) is 0 Å². The Morgan fingerprint density at radius 1 is 1.39 bits per heavy atom. The molecule has 1 aliphatic carbocycles. The Kier molecular flexibility index (Phi) is 5.34. The molecule has 2 heterocycles. The van der Waals surface area contributed by atoms with Gasteiger partial charge in [0, 0.05) is 17.8 Å². The van der Waals surface area contributed by atoms with Gasteiger partial charge in [-0.15, -0.1) is 11.3 Å². The molecule has 1 unspecified atom stereocenters. The molecule has 124 valence electrons. The topological polar surface area (TPSA) is 56.1 Å². The van der Waals surface area contributed by atoms with Gasteiger partial charge in [-0.1, -0.05) is 13.3 Å². The second-order valence-electron chi connectivity index (χ2n) is 6.87. The zero-order valence-electron chi connectivity index (χ0n) is 13.9. The molecule has 1 amide bonds. The highest BCUT2D eigenvalue weighted by Gasteiger charge is 2.24. The monoisotopic (exact) mass is 331 g/mol. The Morgan fingerprint density at radius 2 is 2.17 bits per heavy atom. The van der Waals surface area contributed by atoms with Crippen molar-refractivity contribution in [3.8, 4) is 6.07 Å². The van der Waals surface area contributed by atoms with Crippen LogP contribution in [0.5, 0.6) is 0 Å². The van der Waals surface area contributed by atoms with E-state index in [1.165, 1.54) is 29.7 Å². The number of carbonyl (C=O) groups is 1. The van der Waals surface area contributed by atoms with E-state index >= 15 is 0 Å². The molecule has 0 spiro atoms. The molecule has 4 nitrogen and oxygen atoms in total. The van der Waals surface area contributed by atoms with Gasteiger partial charge in [-0.3, -0.25) is 4.79 Å². The van der Waals surface area contributed by atoms with E-state index in [4.69, 9.17) is 0 Å². The number of likely N-dealkylation sites (tertiary alicyclic amines) is 1. The first kappa shape index (κ1) is 16.5. The van der Waals surface area contributed by atoms with Gasteiger partial charge in [0.05, 0.1) is 5.56 Å². The minimum absolute atomic E-state index is 0.0405. The smallest absolute Gasteiger partial charge is 0.226 e. The fourth-order valence-electron chi connectivity index (χ4n) is 3.59. The predicted molar refractivity (Wildman–Crippen MR) is 93.8 cm³/mol. The van der Waals surface area contributed by atoms with Crippen molar-refractivity contribution in [1.29, 1.82) is 5.26 Å². The van der Waals surface area contributed by atoms with Gasteiger partial charge in [0.25, 0.3) is 0 Å². The fourth-order valence-corrected chi connectivity index (χ4v) is 4.97. The van der Waals surface area contributed by atoms with Gasteiger partial charge in [-0.25, -0.2) is 0 Å². The van der Waals surface area contributed by atoms with E-state index in [9.17, 15) is 10.1 Å². The number of thiophene rings is 1. The molecule has 0 bridgehead atoms. The molecule has 2 aliphatic rings. The molecule has 1 aromatic heterocycles. The molecule has 23 heavy (non-hydrogen) atoms. The molecule has 0 saturated carbocycles. The molecule has 1 saturated heterocycles. The van der Waals surface area contributed by atoms with Crippen molar-refractivity contribution in [3.63, 3.8) is 0 Å². The molecular weight excluding hydrogens is 306 g/mol. The van der Waals surface area contributed by atoms with E-state index in [-0.39, 0.29) is 5.91 Å². The van der Waals surface area contributed by atoms with Crippen LogP contribution in [-0.4, -0.2) is 30.4 Å². The standard InChI is InChI=1S/C18H25N3OS/c1-13-5-6-14-15(12-19)18(23-16(14)11-13)20-17(22)7-10-21-8-3-2-4-9-21/h13H,2-11H2,1H3,(H,20,22). The molecule has 3 rings (SSSR count). The summed E-state index contributed by atoms with van der Waals surface area (Å²) in [6, 6.07) is 2.31. The van der Waals surface area contributed by atoms with Gasteiger partial charge in [-0.2, -0.15) is 5.26 Å². The molecule has 1 fully saturated rings. The number of carbonyl (C=O) groups excluding carboxylic acids is 1. The summed E-state index contributed by atoms with van der Waals surface area (Å²) in [6.07, 6.45) is 7.47. The number of piperidine rings is 1. The van der Waals surface area contributed by atoms with Crippen LogP contribution < -0.4 is 5.32 Å². The van der Waals surface area contributed by atoms with Gasteiger partial charge in [0.2, 0.25) is 5.91 Å². The number of rotatable bonds is 4. The summed E-state index contributed by atoms with van der Waals surface area (Å²) < 4.78 is 0. The molecule has 5 heteroatoms. The summed E-state index contributed by atoms with van der Waals surface area (Å²) in [4.78, 5) is 15.9. The highest BCUT2D eigenvalue weighted by atomic mass is 32.1. The lowest BCUT2D eigenvalue weighted by Gasteiger charge is -2.25. The Morgan fingerprint density at radius 3 is 2.91 bits per heavy atom. The molecular formula is C18H25N3OS. The van der Waals surface area contributed by atoms with E-state index in [1.807, 2.05) is 0 Å². The number of fused-ring (bicyclic) bond motifs is 1. The summed E-state index contributed by atoms with van der Waals surface area (Å²) in [6.45, 7) is 5.31. The third-order valence-electron chi connectivity index (χ3n) is 4.98. The van der Waals surface area contributed by atoms with Crippen LogP contribution in [0.3, 0.4) is 0 Å². The zero-order chi connectivity index (χ0) is 16.2. The van der Waals surface area contributed by atoms with Crippen LogP contribution in [0.4, 0.5) is 5.00 Å². The molecule has 1 atom stereocenters. The highest BCUT2D eigenvalue weighted by molar-refractivity contribution is 7.16. The lowest BCUT2D eigenvalue weighted by molar-refractivity contribution is -0.116. The molecule has 1 aliphatic heterocycles. The van der Waals surface area contributed by atoms with Gasteiger partial charge >= 0.3 is 0 Å². The van der Waals surface area contributed by atoms with E-state index < -0.39 is 0 Å². The lowest BCUT2D eigenvalue weighted by Crippen LogP contribution is -2.32. The number of nitriles is 1. The van der Waals surface area contributed by atoms with Crippen LogP contribution in [-0.2, 0) is 17.6 Å². The minimum Gasteiger partial charge on any atom is -0.317 e. The molecule has 1 N–H and O–H groups in total. The second-order valence-corrected chi connectivity index (χ2v) is 7.97. The Balaban J connectivity index is 1.61. The summed E-state index contributed by atoms with van der Waals surface area (Å²) in [5, 5.41) is 13.2. The van der Waals surface area contributed by atoms with Crippen molar-refractivity contribution in [1.82, 2.24) is 4.90 Å². The second kappa shape index (κ2) is 7.46. The van der Waals surface area contributed by atoms with Gasteiger partial charge in [-0.05, 0) is 56.7 Å². The van der Waals surface area contributed by atoms with E-state index in [0.717, 1.165) is 43.9 Å². The zero-order valence-corrected chi connectivity index (χ0v) is 14.7. The summed E-state index contributed by atoms with van der Waals surface area (Å²) in [7, 11) is 0. The van der Waals surface area contributed by atoms with Crippen LogP contribution in [0.15, 0.2) is 0 Å². The normalized spacial score (nSPS) is 21.5.